The third kappa shape index (κ3) is 20.4. The van der Waals surface area contributed by atoms with Crippen LogP contribution >= 0.6 is 0 Å². The molecule has 3 aromatic rings. The van der Waals surface area contributed by atoms with Gasteiger partial charge in [0.15, 0.2) is 12.4 Å². The van der Waals surface area contributed by atoms with Crippen molar-refractivity contribution in [2.45, 2.75) is 156 Å². The molecular weight excluding hydrogens is 867 g/mol. The van der Waals surface area contributed by atoms with Crippen molar-refractivity contribution in [2.24, 2.45) is 11.8 Å². The van der Waals surface area contributed by atoms with Crippen molar-refractivity contribution in [3.05, 3.63) is 83.7 Å². The Morgan fingerprint density at radius 1 is 0.746 bits per heavy atom. The van der Waals surface area contributed by atoms with Gasteiger partial charge in [0, 0.05) is 32.6 Å². The van der Waals surface area contributed by atoms with E-state index in [1.54, 1.807) is 18.3 Å². The first-order chi connectivity index (χ1) is 32.3. The number of esters is 4. The van der Waals surface area contributed by atoms with Gasteiger partial charge in [-0.15, -0.1) is 5.10 Å². The highest BCUT2D eigenvalue weighted by Gasteiger charge is 2.44. The SMILES string of the molecule is CCCCCCCCCC(=O)N[C@@H](COCc1cn(CCO[C@@H]2OC(COC(C)=O)[C@@H](C)[C@H](C)C2OC(C)=O)nn1)C(=O)N[C@H](CCC(=O)OCc1ccccc1)C(=O)OCc1ccccc1. The lowest BCUT2D eigenvalue weighted by molar-refractivity contribution is -0.280. The second kappa shape index (κ2) is 29.8. The van der Waals surface area contributed by atoms with Crippen LogP contribution in [0, 0.1) is 11.8 Å². The van der Waals surface area contributed by atoms with E-state index in [0.717, 1.165) is 43.2 Å². The second-order valence-electron chi connectivity index (χ2n) is 16.8. The summed E-state index contributed by atoms with van der Waals surface area (Å²) >= 11 is 0. The van der Waals surface area contributed by atoms with Gasteiger partial charge in [0.2, 0.25) is 11.8 Å². The van der Waals surface area contributed by atoms with Crippen molar-refractivity contribution in [1.82, 2.24) is 25.6 Å². The van der Waals surface area contributed by atoms with E-state index in [1.807, 2.05) is 62.4 Å². The van der Waals surface area contributed by atoms with Gasteiger partial charge in [0.25, 0.3) is 0 Å². The lowest BCUT2D eigenvalue weighted by Crippen LogP contribution is -2.53. The zero-order valence-corrected chi connectivity index (χ0v) is 39.6. The molecule has 1 fully saturated rings. The molecule has 18 nitrogen and oxygen atoms in total. The van der Waals surface area contributed by atoms with Gasteiger partial charge >= 0.3 is 23.9 Å². The molecule has 2 unspecified atom stereocenters. The summed E-state index contributed by atoms with van der Waals surface area (Å²) in [4.78, 5) is 76.9. The van der Waals surface area contributed by atoms with Gasteiger partial charge in [-0.2, -0.15) is 0 Å². The third-order valence-corrected chi connectivity index (χ3v) is 11.4. The maximum absolute atomic E-state index is 14.0. The van der Waals surface area contributed by atoms with Gasteiger partial charge in [-0.25, -0.2) is 9.48 Å². The Morgan fingerprint density at radius 3 is 2.06 bits per heavy atom. The molecule has 2 amide bonds. The van der Waals surface area contributed by atoms with Crippen LogP contribution in [0.1, 0.15) is 116 Å². The summed E-state index contributed by atoms with van der Waals surface area (Å²) in [6.45, 7) is 8.63. The topological polar surface area (TPSA) is 222 Å². The van der Waals surface area contributed by atoms with Gasteiger partial charge in [-0.1, -0.05) is 125 Å². The van der Waals surface area contributed by atoms with Crippen molar-refractivity contribution in [2.75, 3.05) is 19.8 Å². The molecule has 0 spiro atoms. The number of carbonyl (C=O) groups is 6. The molecule has 2 N–H and O–H groups in total. The van der Waals surface area contributed by atoms with Gasteiger partial charge in [-0.05, 0) is 29.9 Å². The summed E-state index contributed by atoms with van der Waals surface area (Å²) in [6, 6.07) is 15.7. The molecule has 0 bridgehead atoms. The molecule has 0 aliphatic carbocycles. The van der Waals surface area contributed by atoms with E-state index in [0.29, 0.717) is 12.1 Å². The Labute approximate surface area is 393 Å². The Morgan fingerprint density at radius 2 is 1.40 bits per heavy atom. The lowest BCUT2D eigenvalue weighted by atomic mass is 9.83. The number of unbranched alkanes of at least 4 members (excludes halogenated alkanes) is 6. The minimum atomic E-state index is -1.25. The van der Waals surface area contributed by atoms with Crippen molar-refractivity contribution in [1.29, 1.82) is 0 Å². The number of hydrogen-bond donors (Lipinski definition) is 2. The van der Waals surface area contributed by atoms with Crippen molar-refractivity contribution in [3.63, 3.8) is 0 Å². The van der Waals surface area contributed by atoms with Gasteiger partial charge < -0.3 is 43.8 Å². The van der Waals surface area contributed by atoms with Crippen LogP contribution in [-0.2, 0) is 88.3 Å². The highest BCUT2D eigenvalue weighted by Crippen LogP contribution is 2.33. The Balaban J connectivity index is 1.38. The molecule has 4 rings (SSSR count). The fourth-order valence-corrected chi connectivity index (χ4v) is 7.31. The molecule has 0 saturated carbocycles. The zero-order valence-electron chi connectivity index (χ0n) is 39.6. The molecule has 368 valence electrons. The summed E-state index contributed by atoms with van der Waals surface area (Å²) in [5.41, 5.74) is 1.95. The third-order valence-electron chi connectivity index (χ3n) is 11.4. The summed E-state index contributed by atoms with van der Waals surface area (Å²) in [6.07, 6.45) is 6.50. The van der Waals surface area contributed by atoms with Crippen LogP contribution in [0.5, 0.6) is 0 Å². The minimum absolute atomic E-state index is 0.0270. The molecule has 2 aromatic carbocycles. The number of ether oxygens (including phenoxy) is 7. The smallest absolute Gasteiger partial charge is 0.328 e. The first kappa shape index (κ1) is 53.9. The number of nitrogens with one attached hydrogen (secondary N) is 2. The number of amides is 2. The van der Waals surface area contributed by atoms with E-state index in [2.05, 4.69) is 27.9 Å². The van der Waals surface area contributed by atoms with E-state index >= 15 is 0 Å². The van der Waals surface area contributed by atoms with Crippen molar-refractivity contribution < 1.29 is 61.9 Å². The molecule has 0 radical (unpaired) electrons. The Bertz CT molecular complexity index is 1960. The lowest BCUT2D eigenvalue weighted by Gasteiger charge is -2.43. The summed E-state index contributed by atoms with van der Waals surface area (Å²) in [7, 11) is 0. The first-order valence-corrected chi connectivity index (χ1v) is 23.4. The fraction of sp³-hybridized carbons (Fsp3) is 0.592. The molecule has 1 aromatic heterocycles. The van der Waals surface area contributed by atoms with E-state index < -0.39 is 60.4 Å². The first-order valence-electron chi connectivity index (χ1n) is 23.4. The fourth-order valence-electron chi connectivity index (χ4n) is 7.31. The van der Waals surface area contributed by atoms with Crippen LogP contribution in [0.3, 0.4) is 0 Å². The maximum Gasteiger partial charge on any atom is 0.328 e. The standard InChI is InChI=1S/C49H69N5O13/c1-6-7-8-9-10-11-18-23-44(57)50-42(47(59)51-41(48(60)65-30-39-21-16-13-17-22-39)24-25-45(58)64-29-38-19-14-12-15-20-38)32-61-31-40-28-54(53-52-40)26-27-62-49-46(66-37(5)56)35(3)34(2)43(67-49)33-63-36(4)55/h12-17,19-22,28,34-35,41-43,46,49H,6-11,18,23-27,29-33H2,1-5H3,(H,50,57)(H,51,59)/t34-,35-,41+,42-,43?,46?,49+/m0/s1. The zero-order chi connectivity index (χ0) is 48.4. The predicted octanol–water partition coefficient (Wildman–Crippen LogP) is 5.68. The largest absolute Gasteiger partial charge is 0.463 e. The normalized spacial score (nSPS) is 18.8. The number of benzene rings is 2. The van der Waals surface area contributed by atoms with Crippen molar-refractivity contribution in [3.8, 4) is 0 Å². The molecule has 1 aliphatic rings. The quantitative estimate of drug-likeness (QED) is 0.0466. The van der Waals surface area contributed by atoms with E-state index in [9.17, 15) is 28.8 Å². The minimum Gasteiger partial charge on any atom is -0.463 e. The van der Waals surface area contributed by atoms with Crippen LogP contribution < -0.4 is 10.6 Å². The monoisotopic (exact) mass is 935 g/mol. The van der Waals surface area contributed by atoms with Crippen LogP contribution in [0.15, 0.2) is 66.9 Å². The molecule has 18 heteroatoms. The van der Waals surface area contributed by atoms with Crippen LogP contribution in [-0.4, -0.2) is 101 Å². The highest BCUT2D eigenvalue weighted by atomic mass is 16.7. The second-order valence-corrected chi connectivity index (χ2v) is 16.8. The van der Waals surface area contributed by atoms with Crippen LogP contribution in [0.2, 0.25) is 0 Å². The Kier molecular flexibility index (Phi) is 24.0. The number of nitrogens with zero attached hydrogens (tertiary/aromatic N) is 3. The van der Waals surface area contributed by atoms with Crippen LogP contribution in [0.4, 0.5) is 0 Å². The molecular formula is C49H69N5O13. The number of hydrogen-bond acceptors (Lipinski definition) is 15. The number of aromatic nitrogens is 3. The summed E-state index contributed by atoms with van der Waals surface area (Å²) in [5, 5.41) is 13.8. The Hall–Kier alpha value is -5.72. The summed E-state index contributed by atoms with van der Waals surface area (Å²) < 4.78 is 41.4. The number of rotatable bonds is 30. The van der Waals surface area contributed by atoms with Gasteiger partial charge in [0.1, 0.15) is 37.6 Å². The van der Waals surface area contributed by atoms with Gasteiger partial charge in [-0.3, -0.25) is 24.0 Å². The molecule has 2 heterocycles. The van der Waals surface area contributed by atoms with Gasteiger partial charge in [0.05, 0.1) is 38.7 Å². The van der Waals surface area contributed by atoms with E-state index in [4.69, 9.17) is 33.2 Å². The maximum atomic E-state index is 14.0. The molecule has 1 saturated heterocycles. The molecule has 67 heavy (non-hydrogen) atoms. The highest BCUT2D eigenvalue weighted by molar-refractivity contribution is 5.91. The molecule has 7 atom stereocenters. The van der Waals surface area contributed by atoms with Crippen LogP contribution in [0.25, 0.3) is 0 Å². The van der Waals surface area contributed by atoms with E-state index in [1.165, 1.54) is 25.0 Å². The average Bonchev–Trinajstić information content (AvgIpc) is 3.77. The van der Waals surface area contributed by atoms with E-state index in [-0.39, 0.29) is 83.2 Å². The van der Waals surface area contributed by atoms with Crippen molar-refractivity contribution >= 4 is 35.7 Å². The average molecular weight is 936 g/mol. The number of carbonyl (C=O) groups excluding carboxylic acids is 6. The summed E-state index contributed by atoms with van der Waals surface area (Å²) in [5.74, 6) is -3.57. The predicted molar refractivity (Wildman–Crippen MR) is 243 cm³/mol. The molecule has 1 aliphatic heterocycles.